The molecule has 21 heavy (non-hydrogen) atoms. The van der Waals surface area contributed by atoms with Gasteiger partial charge < -0.3 is 10.0 Å². The van der Waals surface area contributed by atoms with E-state index in [1.807, 2.05) is 30.3 Å². The van der Waals surface area contributed by atoms with E-state index in [2.05, 4.69) is 6.58 Å². The van der Waals surface area contributed by atoms with Gasteiger partial charge in [0.1, 0.15) is 6.04 Å². The zero-order chi connectivity index (χ0) is 15.2. The third-order valence-corrected chi connectivity index (χ3v) is 4.01. The standard InChI is InChI=1S/C17H21NO3/c1-2-13(14-8-4-3-5-9-14)12-16(19)18-11-7-6-10-15(18)17(20)21/h2-5,8-9,13,15H,1,6-7,10-12H2,(H,20,21). The molecule has 1 saturated heterocycles. The summed E-state index contributed by atoms with van der Waals surface area (Å²) in [6.45, 7) is 4.34. The Balaban J connectivity index is 2.08. The first-order chi connectivity index (χ1) is 10.1. The highest BCUT2D eigenvalue weighted by molar-refractivity contribution is 5.84. The molecule has 0 aliphatic carbocycles. The van der Waals surface area contributed by atoms with Crippen LogP contribution in [0.2, 0.25) is 0 Å². The molecule has 2 rings (SSSR count). The number of carboxylic acid groups (broad SMARTS) is 1. The van der Waals surface area contributed by atoms with Crippen LogP contribution in [-0.4, -0.2) is 34.5 Å². The summed E-state index contributed by atoms with van der Waals surface area (Å²) in [5.74, 6) is -1.08. The third kappa shape index (κ3) is 3.72. The molecule has 2 unspecified atom stereocenters. The van der Waals surface area contributed by atoms with Crippen molar-refractivity contribution in [2.75, 3.05) is 6.54 Å². The zero-order valence-electron chi connectivity index (χ0n) is 12.1. The molecule has 1 fully saturated rings. The molecule has 0 spiro atoms. The van der Waals surface area contributed by atoms with E-state index in [1.165, 1.54) is 4.90 Å². The number of hydrogen-bond donors (Lipinski definition) is 1. The van der Waals surface area contributed by atoms with Crippen LogP contribution in [0.15, 0.2) is 43.0 Å². The molecule has 1 aliphatic rings. The number of hydrogen-bond acceptors (Lipinski definition) is 2. The van der Waals surface area contributed by atoms with E-state index >= 15 is 0 Å². The van der Waals surface area contributed by atoms with E-state index in [1.54, 1.807) is 6.08 Å². The number of amides is 1. The van der Waals surface area contributed by atoms with E-state index in [0.29, 0.717) is 13.0 Å². The fraction of sp³-hybridized carbons (Fsp3) is 0.412. The molecular weight excluding hydrogens is 266 g/mol. The molecule has 1 amide bonds. The highest BCUT2D eigenvalue weighted by atomic mass is 16.4. The lowest BCUT2D eigenvalue weighted by Crippen LogP contribution is -2.48. The first-order valence-electron chi connectivity index (χ1n) is 7.33. The number of aliphatic carboxylic acids is 1. The SMILES string of the molecule is C=CC(CC(=O)N1CCCCC1C(=O)O)c1ccccc1. The van der Waals surface area contributed by atoms with Crippen molar-refractivity contribution in [1.29, 1.82) is 0 Å². The summed E-state index contributed by atoms with van der Waals surface area (Å²) in [6, 6.07) is 9.03. The highest BCUT2D eigenvalue weighted by Gasteiger charge is 2.32. The molecule has 2 atom stereocenters. The van der Waals surface area contributed by atoms with Crippen molar-refractivity contribution in [2.24, 2.45) is 0 Å². The molecule has 1 heterocycles. The van der Waals surface area contributed by atoms with Gasteiger partial charge >= 0.3 is 5.97 Å². The summed E-state index contributed by atoms with van der Waals surface area (Å²) in [7, 11) is 0. The third-order valence-electron chi connectivity index (χ3n) is 4.01. The van der Waals surface area contributed by atoms with Gasteiger partial charge in [0.25, 0.3) is 0 Å². The van der Waals surface area contributed by atoms with Crippen LogP contribution in [0.4, 0.5) is 0 Å². The monoisotopic (exact) mass is 287 g/mol. The second-order valence-electron chi connectivity index (χ2n) is 5.39. The molecule has 1 aliphatic heterocycles. The Morgan fingerprint density at radius 1 is 1.33 bits per heavy atom. The summed E-state index contributed by atoms with van der Waals surface area (Å²) in [4.78, 5) is 25.3. The van der Waals surface area contributed by atoms with Gasteiger partial charge in [0.2, 0.25) is 5.91 Å². The van der Waals surface area contributed by atoms with Crippen molar-refractivity contribution in [2.45, 2.75) is 37.6 Å². The van der Waals surface area contributed by atoms with E-state index in [0.717, 1.165) is 18.4 Å². The number of benzene rings is 1. The van der Waals surface area contributed by atoms with Gasteiger partial charge in [-0.3, -0.25) is 4.79 Å². The van der Waals surface area contributed by atoms with Crippen LogP contribution in [0.3, 0.4) is 0 Å². The maximum atomic E-state index is 12.5. The van der Waals surface area contributed by atoms with Crippen molar-refractivity contribution in [3.05, 3.63) is 48.6 Å². The Hall–Kier alpha value is -2.10. The molecule has 0 aromatic heterocycles. The molecule has 4 nitrogen and oxygen atoms in total. The summed E-state index contributed by atoms with van der Waals surface area (Å²) in [6.07, 6.45) is 4.32. The predicted octanol–water partition coefficient (Wildman–Crippen LogP) is 2.81. The molecule has 0 radical (unpaired) electrons. The number of piperidine rings is 1. The van der Waals surface area contributed by atoms with Crippen molar-refractivity contribution < 1.29 is 14.7 Å². The van der Waals surface area contributed by atoms with Gasteiger partial charge in [0, 0.05) is 18.9 Å². The van der Waals surface area contributed by atoms with Crippen molar-refractivity contribution in [1.82, 2.24) is 4.90 Å². The largest absolute Gasteiger partial charge is 0.480 e. The minimum absolute atomic E-state index is 0.0740. The minimum Gasteiger partial charge on any atom is -0.480 e. The molecule has 1 N–H and O–H groups in total. The number of rotatable bonds is 5. The van der Waals surface area contributed by atoms with Gasteiger partial charge in [-0.05, 0) is 24.8 Å². The van der Waals surface area contributed by atoms with Gasteiger partial charge in [-0.25, -0.2) is 4.79 Å². The minimum atomic E-state index is -0.905. The fourth-order valence-electron chi connectivity index (χ4n) is 2.83. The second-order valence-corrected chi connectivity index (χ2v) is 5.39. The Kier molecular flexibility index (Phi) is 5.14. The average Bonchev–Trinajstić information content (AvgIpc) is 2.53. The highest BCUT2D eigenvalue weighted by Crippen LogP contribution is 2.24. The van der Waals surface area contributed by atoms with Gasteiger partial charge in [0.15, 0.2) is 0 Å². The lowest BCUT2D eigenvalue weighted by molar-refractivity contribution is -0.152. The van der Waals surface area contributed by atoms with Crippen LogP contribution in [0.25, 0.3) is 0 Å². The number of carbonyl (C=O) groups excluding carboxylic acids is 1. The van der Waals surface area contributed by atoms with Crippen molar-refractivity contribution in [3.63, 3.8) is 0 Å². The smallest absolute Gasteiger partial charge is 0.326 e. The topological polar surface area (TPSA) is 57.6 Å². The van der Waals surface area contributed by atoms with Gasteiger partial charge in [-0.2, -0.15) is 0 Å². The number of allylic oxidation sites excluding steroid dienone is 1. The lowest BCUT2D eigenvalue weighted by Gasteiger charge is -2.33. The van der Waals surface area contributed by atoms with Crippen LogP contribution in [0.5, 0.6) is 0 Å². The number of nitrogens with zero attached hydrogens (tertiary/aromatic N) is 1. The van der Waals surface area contributed by atoms with Crippen LogP contribution in [0.1, 0.15) is 37.2 Å². The second kappa shape index (κ2) is 7.07. The normalized spacial score (nSPS) is 19.8. The number of likely N-dealkylation sites (tertiary alicyclic amines) is 1. The molecule has 112 valence electrons. The van der Waals surface area contributed by atoms with Gasteiger partial charge in [-0.1, -0.05) is 36.4 Å². The van der Waals surface area contributed by atoms with Crippen LogP contribution >= 0.6 is 0 Å². The summed E-state index contributed by atoms with van der Waals surface area (Å²) < 4.78 is 0. The van der Waals surface area contributed by atoms with Crippen LogP contribution in [-0.2, 0) is 9.59 Å². The molecule has 0 saturated carbocycles. The quantitative estimate of drug-likeness (QED) is 0.847. The average molecular weight is 287 g/mol. The van der Waals surface area contributed by atoms with E-state index in [-0.39, 0.29) is 18.2 Å². The number of carboxylic acids is 1. The van der Waals surface area contributed by atoms with Crippen LogP contribution < -0.4 is 0 Å². The first-order valence-corrected chi connectivity index (χ1v) is 7.33. The van der Waals surface area contributed by atoms with Crippen molar-refractivity contribution in [3.8, 4) is 0 Å². The van der Waals surface area contributed by atoms with Crippen molar-refractivity contribution >= 4 is 11.9 Å². The molecule has 0 bridgehead atoms. The predicted molar refractivity (Wildman–Crippen MR) is 81.0 cm³/mol. The van der Waals surface area contributed by atoms with E-state index in [4.69, 9.17) is 0 Å². The molecular formula is C17H21NO3. The molecule has 1 aromatic carbocycles. The van der Waals surface area contributed by atoms with Gasteiger partial charge in [0.05, 0.1) is 0 Å². The summed E-state index contributed by atoms with van der Waals surface area (Å²) in [5.41, 5.74) is 1.03. The maximum Gasteiger partial charge on any atom is 0.326 e. The lowest BCUT2D eigenvalue weighted by atomic mass is 9.94. The fourth-order valence-corrected chi connectivity index (χ4v) is 2.83. The zero-order valence-corrected chi connectivity index (χ0v) is 12.1. The summed E-state index contributed by atoms with van der Waals surface area (Å²) >= 11 is 0. The van der Waals surface area contributed by atoms with Gasteiger partial charge in [-0.15, -0.1) is 6.58 Å². The Morgan fingerprint density at radius 3 is 2.67 bits per heavy atom. The number of carbonyl (C=O) groups is 2. The Morgan fingerprint density at radius 2 is 2.05 bits per heavy atom. The summed E-state index contributed by atoms with van der Waals surface area (Å²) in [5, 5.41) is 9.25. The molecule has 4 heteroatoms. The Bertz CT molecular complexity index is 512. The maximum absolute atomic E-state index is 12.5. The molecule has 1 aromatic rings. The van der Waals surface area contributed by atoms with E-state index < -0.39 is 12.0 Å². The Labute approximate surface area is 125 Å². The van der Waals surface area contributed by atoms with Crippen LogP contribution in [0, 0.1) is 0 Å². The van der Waals surface area contributed by atoms with E-state index in [9.17, 15) is 14.7 Å². The first kappa shape index (κ1) is 15.3.